The summed E-state index contributed by atoms with van der Waals surface area (Å²) in [5, 5.41) is 9.05. The molecule has 5 N–H and O–H groups in total. The molecule has 2 aromatic carbocycles. The standard InChI is InChI=1S/C15H16N2O2.2ClH/c1-9(15(18)19)10-3-2-4-11(7-10)13-8-12(16)5-6-14(13)17;;/h2-9H,16-17H2,1H3,(H,18,19);2*1H. The van der Waals surface area contributed by atoms with E-state index in [1.165, 1.54) is 0 Å². The van der Waals surface area contributed by atoms with Gasteiger partial charge in [-0.3, -0.25) is 4.79 Å². The van der Waals surface area contributed by atoms with Crippen molar-refractivity contribution in [3.05, 3.63) is 48.0 Å². The lowest BCUT2D eigenvalue weighted by Gasteiger charge is -2.11. The number of anilines is 2. The molecule has 1 unspecified atom stereocenters. The van der Waals surface area contributed by atoms with Crippen LogP contribution in [0.5, 0.6) is 0 Å². The van der Waals surface area contributed by atoms with E-state index in [9.17, 15) is 4.79 Å². The van der Waals surface area contributed by atoms with E-state index in [1.807, 2.05) is 18.2 Å². The van der Waals surface area contributed by atoms with Crippen LogP contribution in [-0.4, -0.2) is 11.1 Å². The highest BCUT2D eigenvalue weighted by atomic mass is 35.5. The van der Waals surface area contributed by atoms with Gasteiger partial charge in [0.15, 0.2) is 0 Å². The summed E-state index contributed by atoms with van der Waals surface area (Å²) >= 11 is 0. The van der Waals surface area contributed by atoms with Crippen molar-refractivity contribution in [2.75, 3.05) is 11.5 Å². The zero-order valence-electron chi connectivity index (χ0n) is 11.4. The van der Waals surface area contributed by atoms with Crippen molar-refractivity contribution in [3.8, 4) is 11.1 Å². The molecule has 21 heavy (non-hydrogen) atoms. The van der Waals surface area contributed by atoms with Crippen LogP contribution in [0.2, 0.25) is 0 Å². The third-order valence-corrected chi connectivity index (χ3v) is 3.15. The van der Waals surface area contributed by atoms with Crippen LogP contribution in [-0.2, 0) is 4.79 Å². The van der Waals surface area contributed by atoms with E-state index in [4.69, 9.17) is 16.6 Å². The van der Waals surface area contributed by atoms with Gasteiger partial charge in [-0.05, 0) is 36.2 Å². The van der Waals surface area contributed by atoms with Crippen molar-refractivity contribution < 1.29 is 9.90 Å². The fourth-order valence-corrected chi connectivity index (χ4v) is 1.94. The fraction of sp³-hybridized carbons (Fsp3) is 0.133. The van der Waals surface area contributed by atoms with Gasteiger partial charge >= 0.3 is 5.97 Å². The molecule has 0 fully saturated rings. The van der Waals surface area contributed by atoms with Crippen LogP contribution in [0.25, 0.3) is 11.1 Å². The van der Waals surface area contributed by atoms with E-state index in [0.717, 1.165) is 16.7 Å². The normalized spacial score (nSPS) is 10.9. The Bertz CT molecular complexity index is 633. The first-order chi connectivity index (χ1) is 8.99. The Morgan fingerprint density at radius 2 is 1.76 bits per heavy atom. The number of carboxylic acids is 1. The average Bonchev–Trinajstić information content (AvgIpc) is 2.40. The first-order valence-corrected chi connectivity index (χ1v) is 5.97. The molecule has 0 aliphatic rings. The quantitative estimate of drug-likeness (QED) is 0.751. The lowest BCUT2D eigenvalue weighted by atomic mass is 9.95. The van der Waals surface area contributed by atoms with Gasteiger partial charge in [-0.15, -0.1) is 24.8 Å². The summed E-state index contributed by atoms with van der Waals surface area (Å²) in [5.74, 6) is -1.40. The van der Waals surface area contributed by atoms with Crippen LogP contribution in [0.3, 0.4) is 0 Å². The number of carboxylic acid groups (broad SMARTS) is 1. The topological polar surface area (TPSA) is 89.3 Å². The molecule has 1 atom stereocenters. The van der Waals surface area contributed by atoms with Gasteiger partial charge in [0.1, 0.15) is 0 Å². The van der Waals surface area contributed by atoms with Crippen LogP contribution in [0.15, 0.2) is 42.5 Å². The molecular weight excluding hydrogens is 311 g/mol. The van der Waals surface area contributed by atoms with Crippen LogP contribution >= 0.6 is 24.8 Å². The fourth-order valence-electron chi connectivity index (χ4n) is 1.94. The second-order valence-electron chi connectivity index (χ2n) is 4.53. The van der Waals surface area contributed by atoms with Gasteiger partial charge in [0, 0.05) is 16.9 Å². The monoisotopic (exact) mass is 328 g/mol. The van der Waals surface area contributed by atoms with Gasteiger partial charge in [-0.1, -0.05) is 24.3 Å². The van der Waals surface area contributed by atoms with Gasteiger partial charge in [0.2, 0.25) is 0 Å². The van der Waals surface area contributed by atoms with E-state index < -0.39 is 11.9 Å². The molecule has 6 heteroatoms. The van der Waals surface area contributed by atoms with Crippen molar-refractivity contribution in [1.29, 1.82) is 0 Å². The van der Waals surface area contributed by atoms with Gasteiger partial charge in [0.05, 0.1) is 5.92 Å². The highest BCUT2D eigenvalue weighted by molar-refractivity contribution is 5.85. The van der Waals surface area contributed by atoms with Crippen molar-refractivity contribution in [3.63, 3.8) is 0 Å². The molecule has 2 aromatic rings. The second kappa shape index (κ2) is 7.76. The van der Waals surface area contributed by atoms with E-state index in [0.29, 0.717) is 11.4 Å². The molecule has 0 radical (unpaired) electrons. The summed E-state index contributed by atoms with van der Waals surface area (Å²) in [4.78, 5) is 11.0. The summed E-state index contributed by atoms with van der Waals surface area (Å²) in [6.45, 7) is 1.66. The Morgan fingerprint density at radius 1 is 1.10 bits per heavy atom. The number of benzene rings is 2. The largest absolute Gasteiger partial charge is 0.481 e. The molecule has 0 aliphatic carbocycles. The van der Waals surface area contributed by atoms with Crippen molar-refractivity contribution >= 4 is 42.2 Å². The number of nitrogen functional groups attached to an aromatic ring is 2. The van der Waals surface area contributed by atoms with E-state index in [1.54, 1.807) is 31.2 Å². The third-order valence-electron chi connectivity index (χ3n) is 3.15. The number of hydrogen-bond donors (Lipinski definition) is 3. The van der Waals surface area contributed by atoms with E-state index >= 15 is 0 Å². The summed E-state index contributed by atoms with van der Waals surface area (Å²) < 4.78 is 0. The SMILES string of the molecule is CC(C(=O)O)c1cccc(-c2cc(N)ccc2N)c1.Cl.Cl. The van der Waals surface area contributed by atoms with Crippen LogP contribution in [0.1, 0.15) is 18.4 Å². The molecule has 0 heterocycles. The summed E-state index contributed by atoms with van der Waals surface area (Å²) in [5.41, 5.74) is 15.4. The first-order valence-electron chi connectivity index (χ1n) is 5.97. The van der Waals surface area contributed by atoms with Gasteiger partial charge < -0.3 is 16.6 Å². The number of halogens is 2. The third kappa shape index (κ3) is 4.28. The van der Waals surface area contributed by atoms with Crippen LogP contribution in [0.4, 0.5) is 11.4 Å². The Labute approximate surface area is 136 Å². The first kappa shape index (κ1) is 19.1. The molecule has 114 valence electrons. The highest BCUT2D eigenvalue weighted by Gasteiger charge is 2.14. The molecule has 0 amide bonds. The van der Waals surface area contributed by atoms with E-state index in [2.05, 4.69) is 0 Å². The highest BCUT2D eigenvalue weighted by Crippen LogP contribution is 2.30. The minimum absolute atomic E-state index is 0. The van der Waals surface area contributed by atoms with Gasteiger partial charge in [-0.25, -0.2) is 0 Å². The molecule has 0 saturated carbocycles. The Balaban J connectivity index is 0.00000200. The number of rotatable bonds is 3. The molecule has 0 aliphatic heterocycles. The smallest absolute Gasteiger partial charge is 0.310 e. The molecule has 2 rings (SSSR count). The van der Waals surface area contributed by atoms with Crippen molar-refractivity contribution in [2.24, 2.45) is 0 Å². The number of nitrogens with two attached hydrogens (primary N) is 2. The maximum Gasteiger partial charge on any atom is 0.310 e. The lowest BCUT2D eigenvalue weighted by molar-refractivity contribution is -0.138. The van der Waals surface area contributed by atoms with E-state index in [-0.39, 0.29) is 24.8 Å². The number of carbonyl (C=O) groups is 1. The minimum atomic E-state index is -0.849. The molecule has 0 bridgehead atoms. The molecular formula is C15H18Cl2N2O2. The maximum absolute atomic E-state index is 11.0. The minimum Gasteiger partial charge on any atom is -0.481 e. The Kier molecular flexibility index (Phi) is 7.06. The van der Waals surface area contributed by atoms with Crippen LogP contribution < -0.4 is 11.5 Å². The zero-order valence-corrected chi connectivity index (χ0v) is 13.1. The number of aliphatic carboxylic acids is 1. The zero-order chi connectivity index (χ0) is 14.0. The lowest BCUT2D eigenvalue weighted by Crippen LogP contribution is -2.07. The predicted octanol–water partition coefficient (Wildman–Crippen LogP) is 3.55. The van der Waals surface area contributed by atoms with Crippen molar-refractivity contribution in [1.82, 2.24) is 0 Å². The molecule has 4 nitrogen and oxygen atoms in total. The predicted molar refractivity (Wildman–Crippen MR) is 91.2 cm³/mol. The molecule has 0 spiro atoms. The van der Waals surface area contributed by atoms with Gasteiger partial charge in [-0.2, -0.15) is 0 Å². The molecule has 0 aromatic heterocycles. The van der Waals surface area contributed by atoms with Gasteiger partial charge in [0.25, 0.3) is 0 Å². The maximum atomic E-state index is 11.0. The van der Waals surface area contributed by atoms with Crippen molar-refractivity contribution in [2.45, 2.75) is 12.8 Å². The second-order valence-corrected chi connectivity index (χ2v) is 4.53. The molecule has 0 saturated heterocycles. The number of hydrogen-bond acceptors (Lipinski definition) is 3. The Hall–Kier alpha value is -1.91. The summed E-state index contributed by atoms with van der Waals surface area (Å²) in [7, 11) is 0. The Morgan fingerprint density at radius 3 is 2.38 bits per heavy atom. The summed E-state index contributed by atoms with van der Waals surface area (Å²) in [6, 6.07) is 12.6. The van der Waals surface area contributed by atoms with Crippen LogP contribution in [0, 0.1) is 0 Å². The summed E-state index contributed by atoms with van der Waals surface area (Å²) in [6.07, 6.45) is 0. The average molecular weight is 329 g/mol.